The lowest BCUT2D eigenvalue weighted by molar-refractivity contribution is -0.134. The molecular weight excluding hydrogens is 252 g/mol. The number of aryl methyl sites for hydroxylation is 1. The number of hydrogen-bond acceptors (Lipinski definition) is 3. The van der Waals surface area contributed by atoms with Gasteiger partial charge in [-0.15, -0.1) is 0 Å². The molecule has 0 spiro atoms. The Balaban J connectivity index is 2.93. The van der Waals surface area contributed by atoms with Crippen LogP contribution < -0.4 is 10.9 Å². The molecule has 0 atom stereocenters. The molecule has 0 fully saturated rings. The lowest BCUT2D eigenvalue weighted by Crippen LogP contribution is -2.18. The summed E-state index contributed by atoms with van der Waals surface area (Å²) in [6, 6.07) is 1.34. The Morgan fingerprint density at radius 3 is 2.93 bits per heavy atom. The number of aliphatic carboxylic acids is 1. The first-order chi connectivity index (χ1) is 6.50. The second kappa shape index (κ2) is 4.28. The largest absolute Gasteiger partial charge is 0.480 e. The van der Waals surface area contributed by atoms with Crippen LogP contribution in [0.5, 0.6) is 0 Å². The van der Waals surface area contributed by atoms with Crippen molar-refractivity contribution >= 4 is 27.6 Å². The molecule has 0 aliphatic rings. The molecule has 0 unspecified atom stereocenters. The Morgan fingerprint density at radius 1 is 1.71 bits per heavy atom. The molecule has 0 saturated heterocycles. The monoisotopic (exact) mass is 260 g/mol. The summed E-state index contributed by atoms with van der Waals surface area (Å²) in [4.78, 5) is 21.5. The fourth-order valence-corrected chi connectivity index (χ4v) is 1.47. The number of carboxylic acids is 1. The van der Waals surface area contributed by atoms with Crippen LogP contribution in [0.25, 0.3) is 0 Å². The van der Waals surface area contributed by atoms with E-state index in [2.05, 4.69) is 21.2 Å². The molecule has 1 aromatic rings. The van der Waals surface area contributed by atoms with Crippen LogP contribution >= 0.6 is 15.9 Å². The van der Waals surface area contributed by atoms with Crippen molar-refractivity contribution in [2.24, 2.45) is 7.05 Å². The van der Waals surface area contributed by atoms with Crippen molar-refractivity contribution in [3.63, 3.8) is 0 Å². The minimum atomic E-state index is -0.974. The van der Waals surface area contributed by atoms with Crippen LogP contribution in [-0.4, -0.2) is 22.2 Å². The molecule has 0 aliphatic heterocycles. The van der Waals surface area contributed by atoms with Gasteiger partial charge >= 0.3 is 5.97 Å². The first kappa shape index (κ1) is 10.8. The second-order valence-corrected chi connectivity index (χ2v) is 3.59. The van der Waals surface area contributed by atoms with E-state index in [1.165, 1.54) is 10.6 Å². The Kier molecular flexibility index (Phi) is 3.29. The third kappa shape index (κ3) is 2.59. The van der Waals surface area contributed by atoms with Gasteiger partial charge in [0.2, 0.25) is 0 Å². The minimum Gasteiger partial charge on any atom is -0.480 e. The molecule has 1 rings (SSSR count). The number of carbonyl (C=O) groups is 1. The highest BCUT2D eigenvalue weighted by Crippen LogP contribution is 2.18. The zero-order chi connectivity index (χ0) is 10.7. The predicted molar refractivity (Wildman–Crippen MR) is 55.5 cm³/mol. The fraction of sp³-hybridized carbons (Fsp3) is 0.250. The van der Waals surface area contributed by atoms with Crippen molar-refractivity contribution in [3.8, 4) is 0 Å². The van der Waals surface area contributed by atoms with Crippen molar-refractivity contribution in [3.05, 3.63) is 27.1 Å². The van der Waals surface area contributed by atoms with Gasteiger partial charge in [-0.05, 0) is 15.9 Å². The maximum Gasteiger partial charge on any atom is 0.322 e. The predicted octanol–water partition coefficient (Wildman–Crippen LogP) is 0.644. The molecule has 0 bridgehead atoms. The number of halogens is 1. The fourth-order valence-electron chi connectivity index (χ4n) is 0.904. The summed E-state index contributed by atoms with van der Waals surface area (Å²) in [5.74, 6) is -0.974. The van der Waals surface area contributed by atoms with E-state index >= 15 is 0 Å². The van der Waals surface area contributed by atoms with Crippen molar-refractivity contribution < 1.29 is 9.90 Å². The smallest absolute Gasteiger partial charge is 0.322 e. The van der Waals surface area contributed by atoms with Gasteiger partial charge in [0, 0.05) is 19.3 Å². The van der Waals surface area contributed by atoms with Crippen LogP contribution in [-0.2, 0) is 11.8 Å². The van der Waals surface area contributed by atoms with Crippen LogP contribution in [0.1, 0.15) is 0 Å². The van der Waals surface area contributed by atoms with E-state index in [0.29, 0.717) is 10.2 Å². The highest BCUT2D eigenvalue weighted by atomic mass is 79.9. The van der Waals surface area contributed by atoms with Gasteiger partial charge in [-0.25, -0.2) is 0 Å². The van der Waals surface area contributed by atoms with Gasteiger partial charge < -0.3 is 15.0 Å². The summed E-state index contributed by atoms with van der Waals surface area (Å²) in [7, 11) is 1.62. The van der Waals surface area contributed by atoms with Gasteiger partial charge in [0.15, 0.2) is 0 Å². The topological polar surface area (TPSA) is 71.3 Å². The van der Waals surface area contributed by atoms with E-state index in [1.807, 2.05) is 0 Å². The number of nitrogens with one attached hydrogen (secondary N) is 1. The molecule has 0 aromatic carbocycles. The normalized spacial score (nSPS) is 9.86. The van der Waals surface area contributed by atoms with Crippen LogP contribution in [0.15, 0.2) is 21.5 Å². The van der Waals surface area contributed by atoms with E-state index in [1.54, 1.807) is 13.2 Å². The van der Waals surface area contributed by atoms with Gasteiger partial charge in [-0.2, -0.15) is 0 Å². The maximum absolute atomic E-state index is 11.2. The van der Waals surface area contributed by atoms with E-state index in [0.717, 1.165) is 0 Å². The molecular formula is C8H9BrN2O3. The molecule has 0 amide bonds. The van der Waals surface area contributed by atoms with E-state index in [9.17, 15) is 9.59 Å². The van der Waals surface area contributed by atoms with Crippen LogP contribution in [0.4, 0.5) is 5.69 Å². The quantitative estimate of drug-likeness (QED) is 0.837. The number of rotatable bonds is 3. The molecule has 76 valence electrons. The molecule has 1 aromatic heterocycles. The average molecular weight is 261 g/mol. The number of aromatic nitrogens is 1. The van der Waals surface area contributed by atoms with Crippen LogP contribution in [0.2, 0.25) is 0 Å². The Labute approximate surface area is 88.5 Å². The van der Waals surface area contributed by atoms with E-state index < -0.39 is 5.97 Å². The first-order valence-electron chi connectivity index (χ1n) is 3.82. The van der Waals surface area contributed by atoms with Crippen molar-refractivity contribution in [1.82, 2.24) is 4.57 Å². The van der Waals surface area contributed by atoms with E-state index in [-0.39, 0.29) is 12.1 Å². The summed E-state index contributed by atoms with van der Waals surface area (Å²) < 4.78 is 2.05. The molecule has 0 aliphatic carbocycles. The number of hydrogen-bond donors (Lipinski definition) is 2. The highest BCUT2D eigenvalue weighted by Gasteiger charge is 2.03. The summed E-state index contributed by atoms with van der Waals surface area (Å²) >= 11 is 3.22. The molecule has 1 heterocycles. The first-order valence-corrected chi connectivity index (χ1v) is 4.62. The van der Waals surface area contributed by atoms with Gasteiger partial charge in [-0.3, -0.25) is 9.59 Å². The Morgan fingerprint density at radius 2 is 2.36 bits per heavy atom. The zero-order valence-electron chi connectivity index (χ0n) is 7.45. The number of nitrogens with zero attached hydrogens (tertiary/aromatic N) is 1. The van der Waals surface area contributed by atoms with Gasteiger partial charge in [0.1, 0.15) is 6.54 Å². The van der Waals surface area contributed by atoms with Crippen LogP contribution in [0, 0.1) is 0 Å². The van der Waals surface area contributed by atoms with Gasteiger partial charge in [-0.1, -0.05) is 0 Å². The Hall–Kier alpha value is -1.30. The highest BCUT2D eigenvalue weighted by molar-refractivity contribution is 9.10. The number of pyridine rings is 1. The van der Waals surface area contributed by atoms with Crippen molar-refractivity contribution in [1.29, 1.82) is 0 Å². The molecule has 6 heteroatoms. The number of carboxylic acid groups (broad SMARTS) is 1. The zero-order valence-corrected chi connectivity index (χ0v) is 9.04. The third-order valence-electron chi connectivity index (χ3n) is 1.61. The molecule has 0 radical (unpaired) electrons. The van der Waals surface area contributed by atoms with Crippen molar-refractivity contribution in [2.45, 2.75) is 0 Å². The maximum atomic E-state index is 11.2. The van der Waals surface area contributed by atoms with E-state index in [4.69, 9.17) is 5.11 Å². The second-order valence-electron chi connectivity index (χ2n) is 2.73. The van der Waals surface area contributed by atoms with Gasteiger partial charge in [0.25, 0.3) is 5.56 Å². The van der Waals surface area contributed by atoms with Crippen LogP contribution in [0.3, 0.4) is 0 Å². The minimum absolute atomic E-state index is 0.193. The molecule has 5 nitrogen and oxygen atoms in total. The lowest BCUT2D eigenvalue weighted by atomic mass is 10.4. The summed E-state index contributed by atoms with van der Waals surface area (Å²) in [6.45, 7) is -0.217. The standard InChI is InChI=1S/C8H9BrN2O3/c1-11-4-5(9)6(2-7(11)12)10-3-8(13)14/h2,4,10H,3H2,1H3,(H,13,14). The SMILES string of the molecule is Cn1cc(Br)c(NCC(=O)O)cc1=O. The van der Waals surface area contributed by atoms with Crippen molar-refractivity contribution in [2.75, 3.05) is 11.9 Å². The number of anilines is 1. The molecule has 2 N–H and O–H groups in total. The molecule has 0 saturated carbocycles. The summed E-state index contributed by atoms with van der Waals surface area (Å²) in [6.07, 6.45) is 1.58. The third-order valence-corrected chi connectivity index (χ3v) is 2.24. The summed E-state index contributed by atoms with van der Waals surface area (Å²) in [5, 5.41) is 11.0. The lowest BCUT2D eigenvalue weighted by Gasteiger charge is -2.06. The molecule has 14 heavy (non-hydrogen) atoms. The average Bonchev–Trinajstić information content (AvgIpc) is 2.09. The summed E-state index contributed by atoms with van der Waals surface area (Å²) in [5.41, 5.74) is 0.289. The Bertz CT molecular complexity index is 414. The van der Waals surface area contributed by atoms with Gasteiger partial charge in [0.05, 0.1) is 10.2 Å².